The summed E-state index contributed by atoms with van der Waals surface area (Å²) in [4.78, 5) is 10.7. The topological polar surface area (TPSA) is 57.0 Å². The van der Waals surface area contributed by atoms with Crippen molar-refractivity contribution in [1.29, 1.82) is 0 Å². The van der Waals surface area contributed by atoms with Gasteiger partial charge in [0, 0.05) is 6.07 Å². The lowest BCUT2D eigenvalue weighted by atomic mass is 10.2. The summed E-state index contributed by atoms with van der Waals surface area (Å²) in [5, 5.41) is 7.54. The number of rotatable bonds is 3. The Morgan fingerprint density at radius 2 is 2.33 bits per heavy atom. The molecular weight excluding hydrogens is 194 g/mol. The van der Waals surface area contributed by atoms with Crippen LogP contribution in [0.1, 0.15) is 10.4 Å². The second-order valence-corrected chi connectivity index (χ2v) is 2.89. The number of benzene rings is 1. The largest absolute Gasteiger partial charge is 0.496 e. The van der Waals surface area contributed by atoms with Gasteiger partial charge in [0.1, 0.15) is 5.75 Å². The Bertz CT molecular complexity index is 466. The van der Waals surface area contributed by atoms with E-state index >= 15 is 0 Å². The highest BCUT2D eigenvalue weighted by Crippen LogP contribution is 2.20. The van der Waals surface area contributed by atoms with Crippen molar-refractivity contribution >= 4 is 6.29 Å². The van der Waals surface area contributed by atoms with Gasteiger partial charge in [-0.15, -0.1) is 5.10 Å². The summed E-state index contributed by atoms with van der Waals surface area (Å²) in [5.74, 6) is 0.526. The molecule has 0 aliphatic heterocycles. The van der Waals surface area contributed by atoms with Gasteiger partial charge in [-0.05, 0) is 12.1 Å². The normalized spacial score (nSPS) is 9.93. The quantitative estimate of drug-likeness (QED) is 0.700. The average molecular weight is 203 g/mol. The summed E-state index contributed by atoms with van der Waals surface area (Å²) in [6.07, 6.45) is 4.05. The van der Waals surface area contributed by atoms with Crippen LogP contribution in [0.15, 0.2) is 30.6 Å². The molecular formula is C10H9N3O2. The van der Waals surface area contributed by atoms with E-state index in [1.807, 2.05) is 0 Å². The van der Waals surface area contributed by atoms with E-state index in [2.05, 4.69) is 10.3 Å². The van der Waals surface area contributed by atoms with Gasteiger partial charge in [0.2, 0.25) is 0 Å². The molecule has 5 heteroatoms. The molecule has 0 spiro atoms. The lowest BCUT2D eigenvalue weighted by molar-refractivity contribution is 0.112. The van der Waals surface area contributed by atoms with E-state index in [0.717, 1.165) is 12.0 Å². The van der Waals surface area contributed by atoms with Gasteiger partial charge in [-0.1, -0.05) is 5.21 Å². The SMILES string of the molecule is COc1cc(-n2ccnn2)ccc1C=O. The Morgan fingerprint density at radius 3 is 2.93 bits per heavy atom. The molecule has 15 heavy (non-hydrogen) atoms. The fourth-order valence-corrected chi connectivity index (χ4v) is 1.29. The minimum absolute atomic E-state index is 0.515. The molecule has 0 amide bonds. The fraction of sp³-hybridized carbons (Fsp3) is 0.100. The molecule has 0 atom stereocenters. The molecule has 1 aromatic heterocycles. The molecule has 0 saturated carbocycles. The van der Waals surface area contributed by atoms with E-state index in [9.17, 15) is 4.79 Å². The third-order valence-corrected chi connectivity index (χ3v) is 2.03. The minimum atomic E-state index is 0.515. The Morgan fingerprint density at radius 1 is 1.47 bits per heavy atom. The van der Waals surface area contributed by atoms with Gasteiger partial charge in [0.05, 0.1) is 30.8 Å². The van der Waals surface area contributed by atoms with E-state index in [-0.39, 0.29) is 0 Å². The van der Waals surface area contributed by atoms with E-state index in [1.54, 1.807) is 35.3 Å². The van der Waals surface area contributed by atoms with Crippen molar-refractivity contribution in [2.45, 2.75) is 0 Å². The highest BCUT2D eigenvalue weighted by molar-refractivity contribution is 5.80. The molecule has 5 nitrogen and oxygen atoms in total. The number of methoxy groups -OCH3 is 1. The molecule has 0 unspecified atom stereocenters. The van der Waals surface area contributed by atoms with Crippen LogP contribution in [0.5, 0.6) is 5.75 Å². The van der Waals surface area contributed by atoms with Crippen LogP contribution in [0.25, 0.3) is 5.69 Å². The number of ether oxygens (including phenoxy) is 1. The number of aromatic nitrogens is 3. The number of aldehydes is 1. The van der Waals surface area contributed by atoms with Crippen molar-refractivity contribution in [3.63, 3.8) is 0 Å². The van der Waals surface area contributed by atoms with Gasteiger partial charge < -0.3 is 4.74 Å². The van der Waals surface area contributed by atoms with Gasteiger partial charge in [0.25, 0.3) is 0 Å². The number of hydrogen-bond acceptors (Lipinski definition) is 4. The van der Waals surface area contributed by atoms with Gasteiger partial charge in [0.15, 0.2) is 6.29 Å². The first-order valence-electron chi connectivity index (χ1n) is 4.35. The molecule has 2 aromatic rings. The zero-order valence-corrected chi connectivity index (χ0v) is 8.12. The monoisotopic (exact) mass is 203 g/mol. The third kappa shape index (κ3) is 1.71. The second kappa shape index (κ2) is 3.91. The Hall–Kier alpha value is -2.17. The van der Waals surface area contributed by atoms with Gasteiger partial charge in [-0.25, -0.2) is 4.68 Å². The summed E-state index contributed by atoms with van der Waals surface area (Å²) in [6.45, 7) is 0. The number of carbonyl (C=O) groups excluding carboxylic acids is 1. The fourth-order valence-electron chi connectivity index (χ4n) is 1.29. The average Bonchev–Trinajstić information content (AvgIpc) is 2.81. The van der Waals surface area contributed by atoms with Crippen molar-refractivity contribution < 1.29 is 9.53 Å². The molecule has 0 N–H and O–H groups in total. The second-order valence-electron chi connectivity index (χ2n) is 2.89. The van der Waals surface area contributed by atoms with Crippen molar-refractivity contribution in [3.05, 3.63) is 36.2 Å². The molecule has 1 aromatic carbocycles. The molecule has 1 heterocycles. The van der Waals surface area contributed by atoms with Crippen molar-refractivity contribution in [3.8, 4) is 11.4 Å². The molecule has 0 aliphatic carbocycles. The minimum Gasteiger partial charge on any atom is -0.496 e. The van der Waals surface area contributed by atoms with E-state index in [1.165, 1.54) is 7.11 Å². The first-order chi connectivity index (χ1) is 7.35. The predicted octanol–water partition coefficient (Wildman–Crippen LogP) is 1.09. The maximum atomic E-state index is 10.7. The van der Waals surface area contributed by atoms with Crippen LogP contribution in [0.4, 0.5) is 0 Å². The number of hydrogen-bond donors (Lipinski definition) is 0. The lowest BCUT2D eigenvalue weighted by Gasteiger charge is -2.06. The number of nitrogens with zero attached hydrogens (tertiary/aromatic N) is 3. The summed E-state index contributed by atoms with van der Waals surface area (Å²) >= 11 is 0. The van der Waals surface area contributed by atoms with Crippen LogP contribution in [-0.2, 0) is 0 Å². The molecule has 2 rings (SSSR count). The third-order valence-electron chi connectivity index (χ3n) is 2.03. The summed E-state index contributed by atoms with van der Waals surface area (Å²) in [7, 11) is 1.52. The van der Waals surface area contributed by atoms with Crippen LogP contribution >= 0.6 is 0 Å². The van der Waals surface area contributed by atoms with E-state index in [4.69, 9.17) is 4.74 Å². The Balaban J connectivity index is 2.48. The standard InChI is InChI=1S/C10H9N3O2/c1-15-10-6-9(3-2-8(10)7-14)13-5-4-11-12-13/h2-7H,1H3. The summed E-state index contributed by atoms with van der Waals surface area (Å²) < 4.78 is 6.68. The molecule has 0 aliphatic rings. The summed E-state index contributed by atoms with van der Waals surface area (Å²) in [6, 6.07) is 5.20. The number of carbonyl (C=O) groups is 1. The van der Waals surface area contributed by atoms with Crippen LogP contribution in [0.3, 0.4) is 0 Å². The van der Waals surface area contributed by atoms with Gasteiger partial charge in [-0.3, -0.25) is 4.79 Å². The Kier molecular flexibility index (Phi) is 2.45. The maximum Gasteiger partial charge on any atom is 0.153 e. The highest BCUT2D eigenvalue weighted by atomic mass is 16.5. The molecule has 0 saturated heterocycles. The van der Waals surface area contributed by atoms with Crippen LogP contribution in [-0.4, -0.2) is 28.4 Å². The Labute approximate surface area is 86.3 Å². The smallest absolute Gasteiger partial charge is 0.153 e. The summed E-state index contributed by atoms with van der Waals surface area (Å²) in [5.41, 5.74) is 1.32. The first-order valence-corrected chi connectivity index (χ1v) is 4.35. The zero-order valence-electron chi connectivity index (χ0n) is 8.12. The van der Waals surface area contributed by atoms with Crippen LogP contribution in [0.2, 0.25) is 0 Å². The van der Waals surface area contributed by atoms with Crippen molar-refractivity contribution in [2.24, 2.45) is 0 Å². The molecule has 0 bridgehead atoms. The van der Waals surface area contributed by atoms with E-state index < -0.39 is 0 Å². The maximum absolute atomic E-state index is 10.7. The van der Waals surface area contributed by atoms with Crippen molar-refractivity contribution in [2.75, 3.05) is 7.11 Å². The predicted molar refractivity (Wildman–Crippen MR) is 53.3 cm³/mol. The molecule has 0 fully saturated rings. The first kappa shape index (κ1) is 9.39. The van der Waals surface area contributed by atoms with Crippen LogP contribution in [0, 0.1) is 0 Å². The van der Waals surface area contributed by atoms with Crippen LogP contribution < -0.4 is 4.74 Å². The van der Waals surface area contributed by atoms with Gasteiger partial charge >= 0.3 is 0 Å². The lowest BCUT2D eigenvalue weighted by Crippen LogP contribution is -1.98. The molecule has 76 valence electrons. The van der Waals surface area contributed by atoms with Crippen molar-refractivity contribution in [1.82, 2.24) is 15.0 Å². The molecule has 0 radical (unpaired) electrons. The van der Waals surface area contributed by atoms with E-state index in [0.29, 0.717) is 11.3 Å². The zero-order chi connectivity index (χ0) is 10.7. The highest BCUT2D eigenvalue weighted by Gasteiger charge is 2.04. The van der Waals surface area contributed by atoms with Gasteiger partial charge in [-0.2, -0.15) is 0 Å².